The van der Waals surface area contributed by atoms with E-state index in [0.29, 0.717) is 18.3 Å². The van der Waals surface area contributed by atoms with Gasteiger partial charge in [-0.1, -0.05) is 5.16 Å². The Labute approximate surface area is 117 Å². The molecule has 3 N–H and O–H groups in total. The molecule has 9 heteroatoms. The first kappa shape index (κ1) is 14.7. The minimum atomic E-state index is -3.62. The van der Waals surface area contributed by atoms with E-state index in [1.165, 1.54) is 0 Å². The van der Waals surface area contributed by atoms with Gasteiger partial charge in [0.1, 0.15) is 0 Å². The number of aryl methyl sites for hydroxylation is 2. The van der Waals surface area contributed by atoms with Gasteiger partial charge >= 0.3 is 0 Å². The summed E-state index contributed by atoms with van der Waals surface area (Å²) < 4.78 is 33.3. The maximum atomic E-state index is 12.2. The highest BCUT2D eigenvalue weighted by Crippen LogP contribution is 2.14. The van der Waals surface area contributed by atoms with Crippen molar-refractivity contribution in [2.24, 2.45) is 5.73 Å². The molecule has 0 fully saturated rings. The van der Waals surface area contributed by atoms with Crippen LogP contribution in [0, 0.1) is 6.92 Å². The maximum Gasteiger partial charge on any atom is 0.242 e. The van der Waals surface area contributed by atoms with Gasteiger partial charge < -0.3 is 14.8 Å². The normalized spacial score (nSPS) is 11.9. The van der Waals surface area contributed by atoms with Crippen molar-refractivity contribution in [1.29, 1.82) is 0 Å². The number of rotatable bonds is 6. The lowest BCUT2D eigenvalue weighted by Gasteiger charge is -2.02. The Morgan fingerprint density at radius 1 is 1.50 bits per heavy atom. The quantitative estimate of drug-likeness (QED) is 0.783. The molecule has 0 aromatic carbocycles. The summed E-state index contributed by atoms with van der Waals surface area (Å²) in [5.74, 6) is 0.682. The van der Waals surface area contributed by atoms with Crippen molar-refractivity contribution in [2.45, 2.75) is 38.4 Å². The van der Waals surface area contributed by atoms with Gasteiger partial charge in [-0.2, -0.15) is 4.98 Å². The molecule has 0 radical (unpaired) electrons. The molecule has 2 aromatic heterocycles. The number of nitrogens with two attached hydrogens (primary N) is 1. The Balaban J connectivity index is 2.15. The van der Waals surface area contributed by atoms with Crippen LogP contribution in [0.25, 0.3) is 0 Å². The van der Waals surface area contributed by atoms with Crippen molar-refractivity contribution in [3.8, 4) is 0 Å². The fraction of sp³-hybridized carbons (Fsp3) is 0.455. The van der Waals surface area contributed by atoms with Gasteiger partial charge in [0.25, 0.3) is 0 Å². The molecule has 0 aliphatic rings. The molecule has 0 saturated heterocycles. The molecule has 2 heterocycles. The first-order valence-corrected chi connectivity index (χ1v) is 7.62. The van der Waals surface area contributed by atoms with Crippen LogP contribution >= 0.6 is 0 Å². The zero-order valence-electron chi connectivity index (χ0n) is 11.3. The fourth-order valence-corrected chi connectivity index (χ4v) is 2.84. The summed E-state index contributed by atoms with van der Waals surface area (Å²) in [5.41, 5.74) is 6.35. The number of aromatic nitrogens is 3. The van der Waals surface area contributed by atoms with E-state index in [2.05, 4.69) is 14.9 Å². The molecule has 2 aromatic rings. The number of nitrogens with zero attached hydrogens (tertiary/aromatic N) is 3. The predicted molar refractivity (Wildman–Crippen MR) is 71.1 cm³/mol. The molecule has 0 atom stereocenters. The number of nitrogens with one attached hydrogen (secondary N) is 1. The average molecular weight is 299 g/mol. The van der Waals surface area contributed by atoms with Crippen LogP contribution in [0.5, 0.6) is 0 Å². The molecule has 0 spiro atoms. The van der Waals surface area contributed by atoms with E-state index < -0.39 is 10.0 Å². The van der Waals surface area contributed by atoms with E-state index in [4.69, 9.17) is 10.3 Å². The topological polar surface area (TPSA) is 116 Å². The van der Waals surface area contributed by atoms with Gasteiger partial charge in [-0.05, 0) is 13.0 Å². The van der Waals surface area contributed by atoms with Crippen LogP contribution in [0.1, 0.15) is 24.3 Å². The molecular weight excluding hydrogens is 282 g/mol. The Morgan fingerprint density at radius 2 is 2.25 bits per heavy atom. The minimum Gasteiger partial charge on any atom is -0.349 e. The lowest BCUT2D eigenvalue weighted by atomic mass is 10.4. The Hall–Kier alpha value is -1.71. The third-order valence-electron chi connectivity index (χ3n) is 2.81. The highest BCUT2D eigenvalue weighted by Gasteiger charge is 2.18. The largest absolute Gasteiger partial charge is 0.349 e. The van der Waals surface area contributed by atoms with Gasteiger partial charge in [0.15, 0.2) is 5.82 Å². The van der Waals surface area contributed by atoms with Crippen molar-refractivity contribution in [1.82, 2.24) is 19.4 Å². The molecule has 8 nitrogen and oxygen atoms in total. The zero-order chi connectivity index (χ0) is 14.8. The van der Waals surface area contributed by atoms with E-state index in [9.17, 15) is 8.42 Å². The van der Waals surface area contributed by atoms with Crippen LogP contribution in [-0.4, -0.2) is 23.1 Å². The monoisotopic (exact) mass is 299 g/mol. The molecule has 0 saturated carbocycles. The van der Waals surface area contributed by atoms with Crippen molar-refractivity contribution in [3.63, 3.8) is 0 Å². The second-order valence-corrected chi connectivity index (χ2v) is 5.98. The van der Waals surface area contributed by atoms with Crippen LogP contribution in [0.3, 0.4) is 0 Å². The van der Waals surface area contributed by atoms with Crippen LogP contribution in [-0.2, 0) is 29.7 Å². The van der Waals surface area contributed by atoms with Crippen molar-refractivity contribution in [2.75, 3.05) is 0 Å². The van der Waals surface area contributed by atoms with Crippen LogP contribution in [0.4, 0.5) is 0 Å². The Bertz CT molecular complexity index is 667. The summed E-state index contributed by atoms with van der Waals surface area (Å²) >= 11 is 0. The SMILES string of the molecule is CCn1cc(S(=O)(=O)NCc2noc(C)n2)cc1CN. The lowest BCUT2D eigenvalue weighted by molar-refractivity contribution is 0.387. The van der Waals surface area contributed by atoms with E-state index in [1.807, 2.05) is 6.92 Å². The summed E-state index contributed by atoms with van der Waals surface area (Å²) in [6.07, 6.45) is 1.56. The highest BCUT2D eigenvalue weighted by molar-refractivity contribution is 7.89. The van der Waals surface area contributed by atoms with Gasteiger partial charge in [-0.15, -0.1) is 0 Å². The first-order valence-electron chi connectivity index (χ1n) is 6.14. The third kappa shape index (κ3) is 3.06. The zero-order valence-corrected chi connectivity index (χ0v) is 12.1. The molecule has 20 heavy (non-hydrogen) atoms. The Kier molecular flexibility index (Phi) is 4.21. The number of sulfonamides is 1. The smallest absolute Gasteiger partial charge is 0.242 e. The van der Waals surface area contributed by atoms with Gasteiger partial charge in [-0.3, -0.25) is 0 Å². The number of hydrogen-bond donors (Lipinski definition) is 2. The van der Waals surface area contributed by atoms with E-state index >= 15 is 0 Å². The average Bonchev–Trinajstić information content (AvgIpc) is 3.02. The summed E-state index contributed by atoms with van der Waals surface area (Å²) in [6.45, 7) is 4.49. The van der Waals surface area contributed by atoms with Crippen LogP contribution < -0.4 is 10.5 Å². The second-order valence-electron chi connectivity index (χ2n) is 4.21. The molecule has 0 amide bonds. The molecule has 2 rings (SSSR count). The third-order valence-corrected chi connectivity index (χ3v) is 4.18. The fourth-order valence-electron chi connectivity index (χ4n) is 1.79. The van der Waals surface area contributed by atoms with Crippen LogP contribution in [0.15, 0.2) is 21.7 Å². The minimum absolute atomic E-state index is 0.0189. The van der Waals surface area contributed by atoms with E-state index in [-0.39, 0.29) is 18.0 Å². The second kappa shape index (κ2) is 5.73. The predicted octanol–water partition coefficient (Wildman–Crippen LogP) is 0.137. The lowest BCUT2D eigenvalue weighted by Crippen LogP contribution is -2.23. The van der Waals surface area contributed by atoms with Gasteiger partial charge in [0, 0.05) is 31.9 Å². The highest BCUT2D eigenvalue weighted by atomic mass is 32.2. The van der Waals surface area contributed by atoms with E-state index in [0.717, 1.165) is 5.69 Å². The summed E-state index contributed by atoms with van der Waals surface area (Å²) in [7, 11) is -3.62. The van der Waals surface area contributed by atoms with Crippen molar-refractivity contribution < 1.29 is 12.9 Å². The molecular formula is C11H17N5O3S. The summed E-state index contributed by atoms with van der Waals surface area (Å²) in [6, 6.07) is 1.56. The Morgan fingerprint density at radius 3 is 2.75 bits per heavy atom. The summed E-state index contributed by atoms with van der Waals surface area (Å²) in [4.78, 5) is 4.11. The van der Waals surface area contributed by atoms with Gasteiger partial charge in [0.05, 0.1) is 11.4 Å². The van der Waals surface area contributed by atoms with E-state index in [1.54, 1.807) is 23.8 Å². The maximum absolute atomic E-state index is 12.2. The molecule has 0 aliphatic carbocycles. The molecule has 0 bridgehead atoms. The number of hydrogen-bond acceptors (Lipinski definition) is 6. The first-order chi connectivity index (χ1) is 9.46. The van der Waals surface area contributed by atoms with Crippen molar-refractivity contribution >= 4 is 10.0 Å². The molecule has 0 unspecified atom stereocenters. The standard InChI is InChI=1S/C11H17N5O3S/c1-3-16-7-10(4-9(16)5-12)20(17,18)13-6-11-14-8(2)19-15-11/h4,7,13H,3,5-6,12H2,1-2H3. The summed E-state index contributed by atoms with van der Waals surface area (Å²) in [5, 5.41) is 3.63. The molecule has 0 aliphatic heterocycles. The van der Waals surface area contributed by atoms with Crippen molar-refractivity contribution in [3.05, 3.63) is 29.7 Å². The van der Waals surface area contributed by atoms with Gasteiger partial charge in [0.2, 0.25) is 15.9 Å². The molecule has 110 valence electrons. The van der Waals surface area contributed by atoms with Crippen LogP contribution in [0.2, 0.25) is 0 Å². The van der Waals surface area contributed by atoms with Gasteiger partial charge in [-0.25, -0.2) is 13.1 Å².